The van der Waals surface area contributed by atoms with E-state index in [0.717, 1.165) is 15.8 Å². The van der Waals surface area contributed by atoms with E-state index in [2.05, 4.69) is 15.9 Å². The van der Waals surface area contributed by atoms with Gasteiger partial charge in [-0.1, -0.05) is 28.1 Å². The molecule has 0 saturated carbocycles. The number of methoxy groups -OCH3 is 1. The van der Waals surface area contributed by atoms with Crippen LogP contribution in [0.25, 0.3) is 0 Å². The minimum atomic E-state index is -0.00736. The van der Waals surface area contributed by atoms with Crippen LogP contribution in [0.2, 0.25) is 0 Å². The van der Waals surface area contributed by atoms with Crippen molar-refractivity contribution in [1.82, 2.24) is 4.90 Å². The van der Waals surface area contributed by atoms with Crippen LogP contribution in [-0.2, 0) is 0 Å². The Morgan fingerprint density at radius 2 is 1.67 bits per heavy atom. The van der Waals surface area contributed by atoms with Crippen molar-refractivity contribution in [2.24, 2.45) is 0 Å². The Balaban J connectivity index is 2.15. The average molecular weight is 348 g/mol. The lowest BCUT2D eigenvalue weighted by Gasteiger charge is -2.25. The molecule has 0 spiro atoms. The monoisotopic (exact) mass is 347 g/mol. The number of amides is 1. The molecule has 0 radical (unpaired) electrons. The number of halogens is 1. The predicted molar refractivity (Wildman–Crippen MR) is 87.6 cm³/mol. The summed E-state index contributed by atoms with van der Waals surface area (Å²) < 4.78 is 6.12. The van der Waals surface area contributed by atoms with Gasteiger partial charge in [0.15, 0.2) is 0 Å². The topological polar surface area (TPSA) is 29.5 Å². The lowest BCUT2D eigenvalue weighted by molar-refractivity contribution is 0.0742. The number of carbonyl (C=O) groups is 1. The van der Waals surface area contributed by atoms with E-state index < -0.39 is 0 Å². The van der Waals surface area contributed by atoms with Crippen molar-refractivity contribution in [3.8, 4) is 5.75 Å². The van der Waals surface area contributed by atoms with Crippen LogP contribution in [0.1, 0.15) is 28.9 Å². The Hall–Kier alpha value is -1.81. The molecule has 0 fully saturated rings. The van der Waals surface area contributed by atoms with E-state index in [1.54, 1.807) is 12.0 Å². The fourth-order valence-electron chi connectivity index (χ4n) is 2.08. The smallest absolute Gasteiger partial charge is 0.254 e. The largest absolute Gasteiger partial charge is 0.497 e. The van der Waals surface area contributed by atoms with Gasteiger partial charge in [0.05, 0.1) is 13.2 Å². The van der Waals surface area contributed by atoms with Crippen molar-refractivity contribution >= 4 is 21.8 Å². The number of nitrogens with zero attached hydrogens (tertiary/aromatic N) is 1. The van der Waals surface area contributed by atoms with E-state index in [-0.39, 0.29) is 11.9 Å². The zero-order chi connectivity index (χ0) is 15.4. The van der Waals surface area contributed by atoms with Gasteiger partial charge in [-0.2, -0.15) is 0 Å². The summed E-state index contributed by atoms with van der Waals surface area (Å²) >= 11 is 3.37. The molecule has 1 amide bonds. The summed E-state index contributed by atoms with van der Waals surface area (Å²) in [7, 11) is 3.46. The zero-order valence-corrected chi connectivity index (χ0v) is 13.9. The van der Waals surface area contributed by atoms with E-state index in [0.29, 0.717) is 5.56 Å². The van der Waals surface area contributed by atoms with Crippen molar-refractivity contribution in [2.75, 3.05) is 14.2 Å². The van der Waals surface area contributed by atoms with Crippen LogP contribution in [0, 0.1) is 0 Å². The molecule has 0 aliphatic heterocycles. The molecule has 4 heteroatoms. The van der Waals surface area contributed by atoms with E-state index in [9.17, 15) is 4.79 Å². The molecule has 0 aromatic heterocycles. The molecule has 0 aliphatic rings. The van der Waals surface area contributed by atoms with Gasteiger partial charge in [0.1, 0.15) is 5.75 Å². The van der Waals surface area contributed by atoms with E-state index in [1.807, 2.05) is 62.5 Å². The lowest BCUT2D eigenvalue weighted by atomic mass is 10.1. The summed E-state index contributed by atoms with van der Waals surface area (Å²) in [5.74, 6) is 0.818. The van der Waals surface area contributed by atoms with Crippen LogP contribution in [0.5, 0.6) is 5.75 Å². The van der Waals surface area contributed by atoms with Crippen molar-refractivity contribution in [3.05, 3.63) is 64.1 Å². The first kappa shape index (κ1) is 15.6. The highest BCUT2D eigenvalue weighted by molar-refractivity contribution is 9.10. The third-order valence-corrected chi connectivity index (χ3v) is 4.12. The van der Waals surface area contributed by atoms with Crippen molar-refractivity contribution in [3.63, 3.8) is 0 Å². The van der Waals surface area contributed by atoms with Gasteiger partial charge in [-0.05, 0) is 48.9 Å². The molecule has 110 valence electrons. The Labute approximate surface area is 133 Å². The first-order valence-electron chi connectivity index (χ1n) is 6.69. The number of rotatable bonds is 4. The maximum absolute atomic E-state index is 12.5. The standard InChI is InChI=1S/C17H18BrNO2/c1-12(13-6-10-16(21-3)11-7-13)19(2)17(20)14-4-8-15(18)9-5-14/h4-12H,1-3H3. The molecule has 21 heavy (non-hydrogen) atoms. The van der Waals surface area contributed by atoms with Crippen molar-refractivity contribution in [2.45, 2.75) is 13.0 Å². The Kier molecular flexibility index (Phi) is 5.02. The molecular weight excluding hydrogens is 330 g/mol. The van der Waals surface area contributed by atoms with Gasteiger partial charge in [0, 0.05) is 17.1 Å². The highest BCUT2D eigenvalue weighted by Crippen LogP contribution is 2.23. The lowest BCUT2D eigenvalue weighted by Crippen LogP contribution is -2.29. The van der Waals surface area contributed by atoms with Crippen molar-refractivity contribution in [1.29, 1.82) is 0 Å². The van der Waals surface area contributed by atoms with E-state index in [1.165, 1.54) is 0 Å². The summed E-state index contributed by atoms with van der Waals surface area (Å²) in [6, 6.07) is 15.2. The van der Waals surface area contributed by atoms with Crippen LogP contribution >= 0.6 is 15.9 Å². The minimum Gasteiger partial charge on any atom is -0.497 e. The second kappa shape index (κ2) is 6.76. The Morgan fingerprint density at radius 3 is 2.19 bits per heavy atom. The summed E-state index contributed by atoms with van der Waals surface area (Å²) in [6.07, 6.45) is 0. The highest BCUT2D eigenvalue weighted by atomic mass is 79.9. The van der Waals surface area contributed by atoms with E-state index in [4.69, 9.17) is 4.74 Å². The molecule has 0 N–H and O–H groups in total. The van der Waals surface area contributed by atoms with Gasteiger partial charge in [0.2, 0.25) is 0 Å². The minimum absolute atomic E-state index is 0.00539. The predicted octanol–water partition coefficient (Wildman–Crippen LogP) is 4.29. The van der Waals surface area contributed by atoms with Gasteiger partial charge in [0.25, 0.3) is 5.91 Å². The van der Waals surface area contributed by atoms with Gasteiger partial charge < -0.3 is 9.64 Å². The SMILES string of the molecule is COc1ccc(C(C)N(C)C(=O)c2ccc(Br)cc2)cc1. The van der Waals surface area contributed by atoms with Crippen LogP contribution in [-0.4, -0.2) is 25.0 Å². The molecule has 0 saturated heterocycles. The molecule has 2 aromatic rings. The van der Waals surface area contributed by atoms with Crippen LogP contribution in [0.3, 0.4) is 0 Å². The van der Waals surface area contributed by atoms with Gasteiger partial charge in [-0.3, -0.25) is 4.79 Å². The molecule has 1 atom stereocenters. The van der Waals surface area contributed by atoms with Gasteiger partial charge >= 0.3 is 0 Å². The first-order valence-corrected chi connectivity index (χ1v) is 7.49. The summed E-state index contributed by atoms with van der Waals surface area (Å²) in [5.41, 5.74) is 1.75. The normalized spacial score (nSPS) is 11.8. The molecule has 0 bridgehead atoms. The van der Waals surface area contributed by atoms with Crippen LogP contribution < -0.4 is 4.74 Å². The maximum atomic E-state index is 12.5. The highest BCUT2D eigenvalue weighted by Gasteiger charge is 2.18. The van der Waals surface area contributed by atoms with Crippen LogP contribution in [0.4, 0.5) is 0 Å². The average Bonchev–Trinajstić information content (AvgIpc) is 2.53. The molecule has 1 unspecified atom stereocenters. The molecule has 2 aromatic carbocycles. The second-order valence-corrected chi connectivity index (χ2v) is 5.79. The summed E-state index contributed by atoms with van der Waals surface area (Å²) in [4.78, 5) is 14.2. The molecule has 0 aliphatic carbocycles. The number of ether oxygens (including phenoxy) is 1. The molecular formula is C17H18BrNO2. The Bertz CT molecular complexity index is 608. The maximum Gasteiger partial charge on any atom is 0.254 e. The second-order valence-electron chi connectivity index (χ2n) is 4.87. The number of benzene rings is 2. The quantitative estimate of drug-likeness (QED) is 0.825. The van der Waals surface area contributed by atoms with Crippen LogP contribution in [0.15, 0.2) is 53.0 Å². The molecule has 0 heterocycles. The Morgan fingerprint density at radius 1 is 1.10 bits per heavy atom. The third-order valence-electron chi connectivity index (χ3n) is 3.59. The van der Waals surface area contributed by atoms with E-state index >= 15 is 0 Å². The fourth-order valence-corrected chi connectivity index (χ4v) is 2.34. The molecule has 2 rings (SSSR count). The number of hydrogen-bond donors (Lipinski definition) is 0. The summed E-state index contributed by atoms with van der Waals surface area (Å²) in [6.45, 7) is 2.01. The fraction of sp³-hybridized carbons (Fsp3) is 0.235. The number of carbonyl (C=O) groups excluding carboxylic acids is 1. The zero-order valence-electron chi connectivity index (χ0n) is 12.3. The first-order chi connectivity index (χ1) is 10.0. The number of hydrogen-bond acceptors (Lipinski definition) is 2. The van der Waals surface area contributed by atoms with Gasteiger partial charge in [-0.15, -0.1) is 0 Å². The summed E-state index contributed by atoms with van der Waals surface area (Å²) in [5, 5.41) is 0. The van der Waals surface area contributed by atoms with Crippen molar-refractivity contribution < 1.29 is 9.53 Å². The molecule has 3 nitrogen and oxygen atoms in total. The van der Waals surface area contributed by atoms with Gasteiger partial charge in [-0.25, -0.2) is 0 Å². The third kappa shape index (κ3) is 3.64.